The third-order valence-electron chi connectivity index (χ3n) is 4.77. The number of hydrogen-bond donors (Lipinski definition) is 4. The van der Waals surface area contributed by atoms with E-state index in [4.69, 9.17) is 5.11 Å². The molecular formula is C19H27N3O5. The average Bonchev–Trinajstić information content (AvgIpc) is 2.55. The van der Waals surface area contributed by atoms with E-state index >= 15 is 0 Å². The van der Waals surface area contributed by atoms with Crippen molar-refractivity contribution in [3.63, 3.8) is 0 Å². The largest absolute Gasteiger partial charge is 0.507 e. The van der Waals surface area contributed by atoms with Gasteiger partial charge in [0.05, 0.1) is 12.1 Å². The topological polar surface area (TPSA) is 119 Å². The van der Waals surface area contributed by atoms with Crippen molar-refractivity contribution >= 4 is 17.8 Å². The maximum Gasteiger partial charge on any atom is 0.317 e. The van der Waals surface area contributed by atoms with E-state index in [1.54, 1.807) is 12.1 Å². The zero-order chi connectivity index (χ0) is 20.0. The lowest BCUT2D eigenvalue weighted by molar-refractivity contribution is -0.139. The molecule has 1 aliphatic carbocycles. The molecule has 0 heterocycles. The van der Waals surface area contributed by atoms with Crippen LogP contribution in [-0.2, 0) is 9.59 Å². The number of carbonyl (C=O) groups excluding carboxylic acids is 2. The van der Waals surface area contributed by atoms with Gasteiger partial charge in [0.1, 0.15) is 5.75 Å². The fourth-order valence-electron chi connectivity index (χ4n) is 3.19. The number of nitrogens with zero attached hydrogens (tertiary/aromatic N) is 1. The van der Waals surface area contributed by atoms with Gasteiger partial charge in [0.25, 0.3) is 5.91 Å². The molecule has 1 fully saturated rings. The Labute approximate surface area is 158 Å². The van der Waals surface area contributed by atoms with Crippen molar-refractivity contribution < 1.29 is 24.6 Å². The Hall–Kier alpha value is -2.61. The van der Waals surface area contributed by atoms with Gasteiger partial charge < -0.3 is 20.8 Å². The van der Waals surface area contributed by atoms with E-state index < -0.39 is 11.9 Å². The van der Waals surface area contributed by atoms with Gasteiger partial charge in [-0.2, -0.15) is 0 Å². The molecule has 4 N–H and O–H groups in total. The summed E-state index contributed by atoms with van der Waals surface area (Å²) in [5.74, 6) is -1.51. The number of carboxylic acids is 1. The van der Waals surface area contributed by atoms with Crippen LogP contribution < -0.4 is 10.6 Å². The Kier molecular flexibility index (Phi) is 7.18. The molecule has 1 aromatic carbocycles. The average molecular weight is 377 g/mol. The Morgan fingerprint density at radius 1 is 1.26 bits per heavy atom. The fraction of sp³-hybridized carbons (Fsp3) is 0.526. The summed E-state index contributed by atoms with van der Waals surface area (Å²) in [5, 5.41) is 24.2. The van der Waals surface area contributed by atoms with E-state index in [1.165, 1.54) is 6.07 Å². The monoisotopic (exact) mass is 377 g/mol. The number of hydrogen-bond acceptors (Lipinski definition) is 5. The number of carbonyl (C=O) groups is 3. The van der Waals surface area contributed by atoms with E-state index in [1.807, 2.05) is 18.7 Å². The standard InChI is InChI=1S/C19H27N3O5/c1-3-22(11-18(25)26)14-9-13(10-14)21-17(24)6-7-20-19(27)15-5-4-12(2)8-16(15)23/h4-5,8,13-14,23H,3,6-7,9-11H2,1-2H3,(H,20,27)(H,21,24)(H,25,26). The van der Waals surface area contributed by atoms with Gasteiger partial charge in [-0.25, -0.2) is 0 Å². The highest BCUT2D eigenvalue weighted by molar-refractivity contribution is 5.97. The first-order valence-electron chi connectivity index (χ1n) is 9.13. The van der Waals surface area contributed by atoms with Crippen LogP contribution in [0.15, 0.2) is 18.2 Å². The quantitative estimate of drug-likeness (QED) is 0.507. The lowest BCUT2D eigenvalue weighted by atomic mass is 9.85. The van der Waals surface area contributed by atoms with Gasteiger partial charge in [-0.3, -0.25) is 19.3 Å². The van der Waals surface area contributed by atoms with Gasteiger partial charge >= 0.3 is 5.97 Å². The molecule has 2 rings (SSSR count). The van der Waals surface area contributed by atoms with E-state index in [9.17, 15) is 19.5 Å². The van der Waals surface area contributed by atoms with Crippen LogP contribution >= 0.6 is 0 Å². The van der Waals surface area contributed by atoms with Crippen molar-refractivity contribution in [1.82, 2.24) is 15.5 Å². The summed E-state index contributed by atoms with van der Waals surface area (Å²) in [6.07, 6.45) is 1.61. The van der Waals surface area contributed by atoms with Crippen LogP contribution in [0.4, 0.5) is 0 Å². The smallest absolute Gasteiger partial charge is 0.317 e. The summed E-state index contributed by atoms with van der Waals surface area (Å²) in [7, 11) is 0. The summed E-state index contributed by atoms with van der Waals surface area (Å²) >= 11 is 0. The minimum Gasteiger partial charge on any atom is -0.507 e. The van der Waals surface area contributed by atoms with Gasteiger partial charge in [-0.1, -0.05) is 13.0 Å². The molecule has 0 saturated heterocycles. The third-order valence-corrected chi connectivity index (χ3v) is 4.77. The number of rotatable bonds is 9. The minimum absolute atomic E-state index is 0.0136. The molecule has 8 nitrogen and oxygen atoms in total. The molecule has 8 heteroatoms. The number of aromatic hydroxyl groups is 1. The molecule has 0 radical (unpaired) electrons. The number of aryl methyl sites for hydroxylation is 1. The number of benzene rings is 1. The summed E-state index contributed by atoms with van der Waals surface area (Å²) in [6.45, 7) is 4.59. The van der Waals surface area contributed by atoms with Crippen LogP contribution in [0.1, 0.15) is 42.1 Å². The molecule has 0 spiro atoms. The lowest BCUT2D eigenvalue weighted by Gasteiger charge is -2.42. The number of nitrogens with one attached hydrogen (secondary N) is 2. The van der Waals surface area contributed by atoms with Crippen molar-refractivity contribution in [3.8, 4) is 5.75 Å². The molecule has 1 aliphatic rings. The number of phenolic OH excluding ortho intramolecular Hbond substituents is 1. The SMILES string of the molecule is CCN(CC(=O)O)C1CC(NC(=O)CCNC(=O)c2ccc(C)cc2O)C1. The molecule has 2 amide bonds. The lowest BCUT2D eigenvalue weighted by Crippen LogP contribution is -2.55. The molecule has 1 saturated carbocycles. The van der Waals surface area contributed by atoms with E-state index in [0.717, 1.165) is 18.4 Å². The summed E-state index contributed by atoms with van der Waals surface area (Å²) in [5.41, 5.74) is 1.04. The summed E-state index contributed by atoms with van der Waals surface area (Å²) in [4.78, 5) is 36.7. The fourth-order valence-corrected chi connectivity index (χ4v) is 3.19. The van der Waals surface area contributed by atoms with Crippen molar-refractivity contribution in [3.05, 3.63) is 29.3 Å². The van der Waals surface area contributed by atoms with Crippen LogP contribution in [0.3, 0.4) is 0 Å². The second-order valence-corrected chi connectivity index (χ2v) is 6.87. The maximum atomic E-state index is 12.0. The normalized spacial score (nSPS) is 18.6. The first-order valence-corrected chi connectivity index (χ1v) is 9.13. The molecule has 0 aromatic heterocycles. The first kappa shape index (κ1) is 20.7. The van der Waals surface area contributed by atoms with Gasteiger partial charge in [0.2, 0.25) is 5.91 Å². The first-order chi connectivity index (χ1) is 12.8. The predicted molar refractivity (Wildman–Crippen MR) is 99.6 cm³/mol. The number of amides is 2. The van der Waals surface area contributed by atoms with E-state index in [-0.39, 0.29) is 48.8 Å². The Morgan fingerprint density at radius 2 is 1.96 bits per heavy atom. The Balaban J connectivity index is 1.67. The van der Waals surface area contributed by atoms with Gasteiger partial charge in [-0.15, -0.1) is 0 Å². The van der Waals surface area contributed by atoms with Crippen LogP contribution in [-0.4, -0.2) is 64.6 Å². The third kappa shape index (κ3) is 5.96. The second-order valence-electron chi connectivity index (χ2n) is 6.87. The predicted octanol–water partition coefficient (Wildman–Crippen LogP) is 0.874. The summed E-state index contributed by atoms with van der Waals surface area (Å²) < 4.78 is 0. The number of likely N-dealkylation sites (N-methyl/N-ethyl adjacent to an activating group) is 1. The number of carboxylic acid groups (broad SMARTS) is 1. The Bertz CT molecular complexity index is 701. The van der Waals surface area contributed by atoms with Crippen LogP contribution in [0, 0.1) is 6.92 Å². The maximum absolute atomic E-state index is 12.0. The number of phenols is 1. The van der Waals surface area contributed by atoms with Crippen LogP contribution in [0.2, 0.25) is 0 Å². The molecule has 0 unspecified atom stereocenters. The van der Waals surface area contributed by atoms with E-state index in [2.05, 4.69) is 10.6 Å². The van der Waals surface area contributed by atoms with Crippen molar-refractivity contribution in [2.24, 2.45) is 0 Å². The molecule has 0 bridgehead atoms. The second kappa shape index (κ2) is 9.36. The van der Waals surface area contributed by atoms with Crippen LogP contribution in [0.5, 0.6) is 5.75 Å². The molecule has 27 heavy (non-hydrogen) atoms. The minimum atomic E-state index is -0.848. The van der Waals surface area contributed by atoms with Crippen molar-refractivity contribution in [1.29, 1.82) is 0 Å². The van der Waals surface area contributed by atoms with Crippen molar-refractivity contribution in [2.45, 2.75) is 45.2 Å². The number of aliphatic carboxylic acids is 1. The van der Waals surface area contributed by atoms with Crippen molar-refractivity contribution in [2.75, 3.05) is 19.6 Å². The zero-order valence-corrected chi connectivity index (χ0v) is 15.7. The highest BCUT2D eigenvalue weighted by atomic mass is 16.4. The van der Waals surface area contributed by atoms with Crippen LogP contribution in [0.25, 0.3) is 0 Å². The molecule has 0 atom stereocenters. The highest BCUT2D eigenvalue weighted by Gasteiger charge is 2.34. The molecular weight excluding hydrogens is 350 g/mol. The van der Waals surface area contributed by atoms with Gasteiger partial charge in [0, 0.05) is 25.0 Å². The van der Waals surface area contributed by atoms with Gasteiger partial charge in [-0.05, 0) is 44.0 Å². The molecule has 148 valence electrons. The van der Waals surface area contributed by atoms with Gasteiger partial charge in [0.15, 0.2) is 0 Å². The Morgan fingerprint density at radius 3 is 2.56 bits per heavy atom. The zero-order valence-electron chi connectivity index (χ0n) is 15.7. The summed E-state index contributed by atoms with van der Waals surface area (Å²) in [6, 6.07) is 5.02. The van der Waals surface area contributed by atoms with E-state index in [0.29, 0.717) is 6.54 Å². The molecule has 1 aromatic rings. The highest BCUT2D eigenvalue weighted by Crippen LogP contribution is 2.25. The molecule has 0 aliphatic heterocycles.